The molecule has 0 fully saturated rings. The summed E-state index contributed by atoms with van der Waals surface area (Å²) in [6.45, 7) is 3.57. The van der Waals surface area contributed by atoms with E-state index in [-0.39, 0.29) is 28.6 Å². The smallest absolute Gasteiger partial charge is 0.434 e. The summed E-state index contributed by atoms with van der Waals surface area (Å²) in [5.41, 5.74) is 0.891. The van der Waals surface area contributed by atoms with E-state index in [1.807, 2.05) is 6.92 Å². The van der Waals surface area contributed by atoms with Crippen molar-refractivity contribution >= 4 is 21.9 Å². The molecule has 7 nitrogen and oxygen atoms in total. The molecule has 0 N–H and O–H groups in total. The van der Waals surface area contributed by atoms with E-state index in [0.29, 0.717) is 12.1 Å². The fourth-order valence-electron chi connectivity index (χ4n) is 3.78. The van der Waals surface area contributed by atoms with E-state index < -0.39 is 33.9 Å². The van der Waals surface area contributed by atoms with Crippen molar-refractivity contribution < 1.29 is 31.5 Å². The number of sulfonamides is 1. The first-order valence-electron chi connectivity index (χ1n) is 9.93. The largest absolute Gasteiger partial charge is 0.513 e. The molecule has 1 aromatic heterocycles. The van der Waals surface area contributed by atoms with Crippen LogP contribution in [-0.4, -0.2) is 25.7 Å². The highest BCUT2D eigenvalue weighted by Crippen LogP contribution is 2.44. The van der Waals surface area contributed by atoms with Gasteiger partial charge in [0.05, 0.1) is 28.9 Å². The van der Waals surface area contributed by atoms with Gasteiger partial charge in [-0.2, -0.15) is 0 Å². The Hall–Kier alpha value is -3.40. The topological polar surface area (TPSA) is 77.8 Å². The van der Waals surface area contributed by atoms with Gasteiger partial charge in [0, 0.05) is 24.0 Å². The van der Waals surface area contributed by atoms with Gasteiger partial charge in [-0.15, -0.1) is 0 Å². The number of ether oxygens (including phenoxy) is 2. The van der Waals surface area contributed by atoms with E-state index in [1.54, 1.807) is 29.8 Å². The Morgan fingerprint density at radius 1 is 1.03 bits per heavy atom. The van der Waals surface area contributed by atoms with Crippen LogP contribution in [0.3, 0.4) is 0 Å². The summed E-state index contributed by atoms with van der Waals surface area (Å²) in [6.07, 6.45) is 1.17. The molecule has 0 saturated heterocycles. The maximum Gasteiger partial charge on any atom is 0.513 e. The van der Waals surface area contributed by atoms with Gasteiger partial charge in [0.2, 0.25) is 0 Å². The Bertz CT molecular complexity index is 1270. The number of hydrogen-bond donors (Lipinski definition) is 0. The van der Waals surface area contributed by atoms with Crippen LogP contribution in [0.5, 0.6) is 5.75 Å². The Labute approximate surface area is 183 Å². The average Bonchev–Trinajstić information content (AvgIpc) is 3.24. The molecule has 1 aliphatic heterocycles. The van der Waals surface area contributed by atoms with E-state index in [0.717, 1.165) is 16.4 Å². The molecule has 1 atom stereocenters. The van der Waals surface area contributed by atoms with E-state index in [4.69, 9.17) is 9.47 Å². The zero-order valence-corrected chi connectivity index (χ0v) is 18.1. The molecular weight excluding hydrogens is 442 g/mol. The van der Waals surface area contributed by atoms with Crippen LogP contribution in [0.2, 0.25) is 0 Å². The molecule has 0 aliphatic carbocycles. The highest BCUT2D eigenvalue weighted by molar-refractivity contribution is 7.92. The van der Waals surface area contributed by atoms with Crippen LogP contribution < -0.4 is 9.04 Å². The maximum absolute atomic E-state index is 14.2. The van der Waals surface area contributed by atoms with Gasteiger partial charge in [0.1, 0.15) is 5.75 Å². The van der Waals surface area contributed by atoms with Gasteiger partial charge in [0.25, 0.3) is 10.0 Å². The number of benzene rings is 2. The van der Waals surface area contributed by atoms with Crippen LogP contribution in [0.15, 0.2) is 59.6 Å². The minimum Gasteiger partial charge on any atom is -0.434 e. The van der Waals surface area contributed by atoms with Crippen molar-refractivity contribution in [3.63, 3.8) is 0 Å². The third kappa shape index (κ3) is 3.60. The molecule has 168 valence electrons. The maximum atomic E-state index is 14.2. The molecule has 32 heavy (non-hydrogen) atoms. The van der Waals surface area contributed by atoms with Crippen molar-refractivity contribution in [2.24, 2.45) is 0 Å². The standard InChI is InChI=1S/C22H20F2N2O5S/c1-3-18-19-6-5-11-25(19)20-12-16(23)17(24)13-21(20)26(18)32(28,29)15-9-7-14(8-10-15)31-22(27)30-4-2/h5-13,18H,3-4H2,1-2H3. The lowest BCUT2D eigenvalue weighted by Gasteiger charge is -2.38. The number of hydrogen-bond acceptors (Lipinski definition) is 5. The number of aromatic nitrogens is 1. The van der Waals surface area contributed by atoms with Gasteiger partial charge in [0.15, 0.2) is 11.6 Å². The number of anilines is 1. The lowest BCUT2D eigenvalue weighted by Crippen LogP contribution is -2.39. The minimum absolute atomic E-state index is 0.0336. The average molecular weight is 462 g/mol. The van der Waals surface area contributed by atoms with E-state index in [1.165, 1.54) is 24.3 Å². The van der Waals surface area contributed by atoms with Crippen molar-refractivity contribution in [2.75, 3.05) is 10.9 Å². The van der Waals surface area contributed by atoms with Gasteiger partial charge >= 0.3 is 6.16 Å². The normalized spacial score (nSPS) is 15.1. The van der Waals surface area contributed by atoms with Crippen molar-refractivity contribution in [1.82, 2.24) is 4.57 Å². The van der Waals surface area contributed by atoms with Gasteiger partial charge < -0.3 is 14.0 Å². The first-order valence-corrected chi connectivity index (χ1v) is 11.4. The number of nitrogens with zero attached hydrogens (tertiary/aromatic N) is 2. The second-order valence-electron chi connectivity index (χ2n) is 7.04. The Balaban J connectivity index is 1.79. The van der Waals surface area contributed by atoms with Crippen molar-refractivity contribution in [3.05, 3.63) is 72.1 Å². The highest BCUT2D eigenvalue weighted by atomic mass is 32.2. The molecule has 0 radical (unpaired) electrons. The first kappa shape index (κ1) is 21.8. The molecule has 2 aromatic carbocycles. The van der Waals surface area contributed by atoms with Crippen LogP contribution in [0.1, 0.15) is 32.0 Å². The minimum atomic E-state index is -4.18. The zero-order valence-electron chi connectivity index (χ0n) is 17.3. The number of carbonyl (C=O) groups is 1. The third-order valence-corrected chi connectivity index (χ3v) is 6.99. The Morgan fingerprint density at radius 3 is 2.31 bits per heavy atom. The lowest BCUT2D eigenvalue weighted by atomic mass is 10.1. The highest BCUT2D eigenvalue weighted by Gasteiger charge is 2.39. The molecular formula is C22H20F2N2O5S. The number of fused-ring (bicyclic) bond motifs is 3. The molecule has 2 heterocycles. The molecule has 4 rings (SSSR count). The summed E-state index contributed by atoms with van der Waals surface area (Å²) in [6, 6.07) is 9.92. The summed E-state index contributed by atoms with van der Waals surface area (Å²) in [7, 11) is -4.18. The molecule has 0 saturated carbocycles. The molecule has 10 heteroatoms. The second-order valence-corrected chi connectivity index (χ2v) is 8.85. The number of halogens is 2. The van der Waals surface area contributed by atoms with E-state index in [2.05, 4.69) is 0 Å². The summed E-state index contributed by atoms with van der Waals surface area (Å²) in [5.74, 6) is -2.11. The molecule has 0 amide bonds. The van der Waals surface area contributed by atoms with Crippen LogP contribution in [0.25, 0.3) is 5.69 Å². The quantitative estimate of drug-likeness (QED) is 0.396. The SMILES string of the molecule is CCOC(=O)Oc1ccc(S(=O)(=O)N2c3cc(F)c(F)cc3-n3cccc3C2CC)cc1. The molecule has 1 aliphatic rings. The molecule has 3 aromatic rings. The van der Waals surface area contributed by atoms with Gasteiger partial charge in [-0.05, 0) is 49.7 Å². The van der Waals surface area contributed by atoms with Crippen LogP contribution >= 0.6 is 0 Å². The summed E-state index contributed by atoms with van der Waals surface area (Å²) in [5, 5.41) is 0. The Kier molecular flexibility index (Phi) is 5.64. The van der Waals surface area contributed by atoms with E-state index >= 15 is 0 Å². The van der Waals surface area contributed by atoms with Crippen LogP contribution in [-0.2, 0) is 14.8 Å². The first-order chi connectivity index (χ1) is 15.3. The molecule has 1 unspecified atom stereocenters. The van der Waals surface area contributed by atoms with Gasteiger partial charge in [-0.3, -0.25) is 4.31 Å². The molecule has 0 spiro atoms. The lowest BCUT2D eigenvalue weighted by molar-refractivity contribution is 0.104. The number of carbonyl (C=O) groups excluding carboxylic acids is 1. The van der Waals surface area contributed by atoms with Crippen molar-refractivity contribution in [3.8, 4) is 11.4 Å². The predicted octanol–water partition coefficient (Wildman–Crippen LogP) is 4.95. The molecule has 0 bridgehead atoms. The third-order valence-electron chi connectivity index (χ3n) is 5.15. The van der Waals surface area contributed by atoms with Gasteiger partial charge in [-0.1, -0.05) is 6.92 Å². The fourth-order valence-corrected chi connectivity index (χ4v) is 5.48. The monoisotopic (exact) mass is 462 g/mol. The van der Waals surface area contributed by atoms with Gasteiger partial charge in [-0.25, -0.2) is 22.0 Å². The summed E-state index contributed by atoms with van der Waals surface area (Å²) < 4.78 is 67.9. The summed E-state index contributed by atoms with van der Waals surface area (Å²) in [4.78, 5) is 11.4. The van der Waals surface area contributed by atoms with Crippen molar-refractivity contribution in [1.29, 1.82) is 0 Å². The Morgan fingerprint density at radius 2 is 1.69 bits per heavy atom. The van der Waals surface area contributed by atoms with Crippen molar-refractivity contribution in [2.45, 2.75) is 31.2 Å². The van der Waals surface area contributed by atoms with E-state index in [9.17, 15) is 22.0 Å². The fraction of sp³-hybridized carbons (Fsp3) is 0.227. The van der Waals surface area contributed by atoms with Crippen LogP contribution in [0.4, 0.5) is 19.3 Å². The number of rotatable bonds is 5. The second kappa shape index (κ2) is 8.27. The zero-order chi connectivity index (χ0) is 23.0. The summed E-state index contributed by atoms with van der Waals surface area (Å²) >= 11 is 0. The van der Waals surface area contributed by atoms with Crippen LogP contribution in [0, 0.1) is 11.6 Å². The predicted molar refractivity (Wildman–Crippen MR) is 112 cm³/mol.